The smallest absolute Gasteiger partial charge is 0.308 e. The highest BCUT2D eigenvalue weighted by molar-refractivity contribution is 6.31. The largest absolute Gasteiger partial charge is 0.469 e. The second kappa shape index (κ2) is 10.4. The number of nitrogens with zero attached hydrogens (tertiary/aromatic N) is 2. The van der Waals surface area contributed by atoms with Crippen LogP contribution in [-0.4, -0.2) is 67.4 Å². The number of likely N-dealkylation sites (N-methyl/N-ethyl adjacent to an activating group) is 1. The van der Waals surface area contributed by atoms with Gasteiger partial charge in [-0.1, -0.05) is 17.7 Å². The van der Waals surface area contributed by atoms with Gasteiger partial charge in [0, 0.05) is 17.3 Å². The van der Waals surface area contributed by atoms with Crippen molar-refractivity contribution in [2.75, 3.05) is 45.2 Å². The summed E-state index contributed by atoms with van der Waals surface area (Å²) in [5.74, 6) is -0.638. The number of anilines is 1. The Morgan fingerprint density at radius 3 is 2.57 bits per heavy atom. The summed E-state index contributed by atoms with van der Waals surface area (Å²) in [5.41, 5.74) is 1.55. The van der Waals surface area contributed by atoms with Crippen LogP contribution < -0.4 is 5.32 Å². The van der Waals surface area contributed by atoms with E-state index in [-0.39, 0.29) is 36.8 Å². The second-order valence-electron chi connectivity index (χ2n) is 6.99. The summed E-state index contributed by atoms with van der Waals surface area (Å²) in [6, 6.07) is 5.29. The van der Waals surface area contributed by atoms with Crippen molar-refractivity contribution in [3.8, 4) is 0 Å². The van der Waals surface area contributed by atoms with E-state index >= 15 is 0 Å². The van der Waals surface area contributed by atoms with Gasteiger partial charge in [0.2, 0.25) is 11.8 Å². The summed E-state index contributed by atoms with van der Waals surface area (Å²) in [6.45, 7) is 5.73. The Bertz CT molecular complexity index is 717. The van der Waals surface area contributed by atoms with E-state index in [2.05, 4.69) is 5.32 Å². The predicted octanol–water partition coefficient (Wildman–Crippen LogP) is 2.32. The zero-order valence-electron chi connectivity index (χ0n) is 16.7. The van der Waals surface area contributed by atoms with Gasteiger partial charge in [-0.3, -0.25) is 19.3 Å². The van der Waals surface area contributed by atoms with Gasteiger partial charge < -0.3 is 15.0 Å². The number of piperidine rings is 1. The number of amides is 2. The molecule has 1 aromatic rings. The summed E-state index contributed by atoms with van der Waals surface area (Å²) in [6.07, 6.45) is 1.36. The molecule has 0 radical (unpaired) electrons. The third kappa shape index (κ3) is 6.21. The van der Waals surface area contributed by atoms with Crippen molar-refractivity contribution < 1.29 is 19.1 Å². The van der Waals surface area contributed by atoms with Gasteiger partial charge in [-0.05, 0) is 57.5 Å². The van der Waals surface area contributed by atoms with Crippen LogP contribution in [0, 0.1) is 12.8 Å². The number of hydrogen-bond acceptors (Lipinski definition) is 5. The van der Waals surface area contributed by atoms with Crippen LogP contribution >= 0.6 is 11.6 Å². The third-order valence-corrected chi connectivity index (χ3v) is 5.26. The minimum Gasteiger partial charge on any atom is -0.469 e. The Kier molecular flexibility index (Phi) is 8.26. The normalized spacial score (nSPS) is 15.1. The highest BCUT2D eigenvalue weighted by Gasteiger charge is 2.27. The molecule has 0 spiro atoms. The molecule has 1 aliphatic heterocycles. The first-order valence-electron chi connectivity index (χ1n) is 9.48. The summed E-state index contributed by atoms with van der Waals surface area (Å²) >= 11 is 5.98. The number of aryl methyl sites for hydroxylation is 1. The van der Waals surface area contributed by atoms with Crippen molar-refractivity contribution in [1.82, 2.24) is 9.80 Å². The van der Waals surface area contributed by atoms with Crippen LogP contribution in [0.3, 0.4) is 0 Å². The van der Waals surface area contributed by atoms with E-state index in [0.29, 0.717) is 43.2 Å². The predicted molar refractivity (Wildman–Crippen MR) is 108 cm³/mol. The quantitative estimate of drug-likeness (QED) is 0.699. The standard InChI is InChI=1S/C20H28ClN3O4/c1-4-24(12-18(25)22-17-11-16(21)6-5-14(17)2)19(26)13-23-9-7-15(8-10-23)20(27)28-3/h5-6,11,15H,4,7-10,12-13H2,1-3H3,(H,22,25). The number of likely N-dealkylation sites (tertiary alicyclic amines) is 1. The van der Waals surface area contributed by atoms with Gasteiger partial charge in [-0.15, -0.1) is 0 Å². The molecule has 0 aromatic heterocycles. The maximum absolute atomic E-state index is 12.6. The molecule has 28 heavy (non-hydrogen) atoms. The van der Waals surface area contributed by atoms with Gasteiger partial charge in [-0.25, -0.2) is 0 Å². The molecular weight excluding hydrogens is 382 g/mol. The highest BCUT2D eigenvalue weighted by Crippen LogP contribution is 2.20. The number of nitrogens with one attached hydrogen (secondary N) is 1. The van der Waals surface area contributed by atoms with Crippen molar-refractivity contribution in [2.24, 2.45) is 5.92 Å². The summed E-state index contributed by atoms with van der Waals surface area (Å²) in [5, 5.41) is 3.36. The lowest BCUT2D eigenvalue weighted by atomic mass is 9.97. The monoisotopic (exact) mass is 409 g/mol. The van der Waals surface area contributed by atoms with E-state index in [1.165, 1.54) is 12.0 Å². The van der Waals surface area contributed by atoms with Crippen molar-refractivity contribution in [1.29, 1.82) is 0 Å². The van der Waals surface area contributed by atoms with Crippen molar-refractivity contribution >= 4 is 35.1 Å². The molecule has 1 fully saturated rings. The van der Waals surface area contributed by atoms with Gasteiger partial charge in [0.1, 0.15) is 0 Å². The van der Waals surface area contributed by atoms with Crippen LogP contribution in [-0.2, 0) is 19.1 Å². The van der Waals surface area contributed by atoms with Crippen LogP contribution in [0.1, 0.15) is 25.3 Å². The average molecular weight is 410 g/mol. The fourth-order valence-corrected chi connectivity index (χ4v) is 3.43. The van der Waals surface area contributed by atoms with Crippen LogP contribution in [0.5, 0.6) is 0 Å². The van der Waals surface area contributed by atoms with E-state index in [0.717, 1.165) is 5.56 Å². The molecule has 154 valence electrons. The van der Waals surface area contributed by atoms with Gasteiger partial charge in [0.25, 0.3) is 0 Å². The second-order valence-corrected chi connectivity index (χ2v) is 7.43. The molecule has 0 saturated carbocycles. The summed E-state index contributed by atoms with van der Waals surface area (Å²) < 4.78 is 4.78. The third-order valence-electron chi connectivity index (χ3n) is 5.02. The van der Waals surface area contributed by atoms with Crippen molar-refractivity contribution in [3.63, 3.8) is 0 Å². The van der Waals surface area contributed by atoms with E-state index in [1.807, 2.05) is 24.8 Å². The number of ether oxygens (including phenoxy) is 1. The molecule has 7 nitrogen and oxygen atoms in total. The lowest BCUT2D eigenvalue weighted by molar-refractivity contribution is -0.147. The molecule has 1 saturated heterocycles. The maximum atomic E-state index is 12.6. The Balaban J connectivity index is 1.85. The van der Waals surface area contributed by atoms with Gasteiger partial charge in [-0.2, -0.15) is 0 Å². The zero-order valence-corrected chi connectivity index (χ0v) is 17.4. The number of benzene rings is 1. The van der Waals surface area contributed by atoms with Crippen LogP contribution in [0.4, 0.5) is 5.69 Å². The number of hydrogen-bond donors (Lipinski definition) is 1. The number of carbonyl (C=O) groups is 3. The molecule has 2 amide bonds. The number of rotatable bonds is 7. The molecule has 0 aliphatic carbocycles. The Labute approximate surface area is 171 Å². The summed E-state index contributed by atoms with van der Waals surface area (Å²) in [7, 11) is 1.40. The van der Waals surface area contributed by atoms with Crippen molar-refractivity contribution in [2.45, 2.75) is 26.7 Å². The molecule has 2 rings (SSSR count). The zero-order chi connectivity index (χ0) is 20.7. The van der Waals surface area contributed by atoms with Gasteiger partial charge >= 0.3 is 5.97 Å². The molecule has 0 unspecified atom stereocenters. The highest BCUT2D eigenvalue weighted by atomic mass is 35.5. The van der Waals surface area contributed by atoms with Crippen LogP contribution in [0.2, 0.25) is 5.02 Å². The van der Waals surface area contributed by atoms with E-state index in [9.17, 15) is 14.4 Å². The van der Waals surface area contributed by atoms with Gasteiger partial charge in [0.15, 0.2) is 0 Å². The topological polar surface area (TPSA) is 79.0 Å². The van der Waals surface area contributed by atoms with E-state index in [4.69, 9.17) is 16.3 Å². The minimum absolute atomic E-state index is 0.0140. The Morgan fingerprint density at radius 1 is 1.29 bits per heavy atom. The Hall–Kier alpha value is -2.12. The molecule has 0 atom stereocenters. The first kappa shape index (κ1) is 22.2. The lowest BCUT2D eigenvalue weighted by Crippen LogP contribution is -2.46. The Morgan fingerprint density at radius 2 is 1.96 bits per heavy atom. The first-order chi connectivity index (χ1) is 13.3. The number of carbonyl (C=O) groups excluding carboxylic acids is 3. The number of methoxy groups -OCH3 is 1. The first-order valence-corrected chi connectivity index (χ1v) is 9.85. The number of halogens is 1. The minimum atomic E-state index is -0.259. The number of esters is 1. The molecule has 1 heterocycles. The molecule has 8 heteroatoms. The molecule has 1 aliphatic rings. The van der Waals surface area contributed by atoms with E-state index < -0.39 is 0 Å². The molecule has 0 bridgehead atoms. The fraction of sp³-hybridized carbons (Fsp3) is 0.550. The van der Waals surface area contributed by atoms with Crippen LogP contribution in [0.15, 0.2) is 18.2 Å². The van der Waals surface area contributed by atoms with Gasteiger partial charge in [0.05, 0.1) is 26.1 Å². The van der Waals surface area contributed by atoms with E-state index in [1.54, 1.807) is 12.1 Å². The SMILES string of the molecule is CCN(CC(=O)Nc1cc(Cl)ccc1C)C(=O)CN1CCC(C(=O)OC)CC1. The summed E-state index contributed by atoms with van der Waals surface area (Å²) in [4.78, 5) is 40.1. The lowest BCUT2D eigenvalue weighted by Gasteiger charge is -2.31. The molecule has 1 aromatic carbocycles. The van der Waals surface area contributed by atoms with Crippen LogP contribution in [0.25, 0.3) is 0 Å². The fourth-order valence-electron chi connectivity index (χ4n) is 3.25. The van der Waals surface area contributed by atoms with Crippen molar-refractivity contribution in [3.05, 3.63) is 28.8 Å². The maximum Gasteiger partial charge on any atom is 0.308 e. The molecule has 1 N–H and O–H groups in total. The molecular formula is C20H28ClN3O4. The average Bonchev–Trinajstić information content (AvgIpc) is 2.68.